The Balaban J connectivity index is 1.38. The number of aliphatic hydroxyl groups is 1. The van der Waals surface area contributed by atoms with E-state index in [2.05, 4.69) is 10.4 Å². The fourth-order valence-electron chi connectivity index (χ4n) is 3.86. The van der Waals surface area contributed by atoms with Gasteiger partial charge in [-0.25, -0.2) is 4.39 Å². The first-order valence-corrected chi connectivity index (χ1v) is 9.57. The largest absolute Gasteiger partial charge is 0.389 e. The summed E-state index contributed by atoms with van der Waals surface area (Å²) in [5, 5.41) is 16.7. The number of β-amino-alcohol motifs (C(OH)–C–C–N with tert-alkyl or cyclic N) is 1. The van der Waals surface area contributed by atoms with Crippen LogP contribution in [-0.4, -0.2) is 57.3 Å². The van der Waals surface area contributed by atoms with Crippen molar-refractivity contribution >= 4 is 11.8 Å². The lowest BCUT2D eigenvalue weighted by Crippen LogP contribution is -2.39. The van der Waals surface area contributed by atoms with E-state index in [1.165, 1.54) is 22.9 Å². The van der Waals surface area contributed by atoms with Crippen molar-refractivity contribution < 1.29 is 19.1 Å². The monoisotopic (exact) mass is 386 g/mol. The van der Waals surface area contributed by atoms with Gasteiger partial charge in [-0.05, 0) is 42.9 Å². The predicted molar refractivity (Wildman–Crippen MR) is 99.3 cm³/mol. The van der Waals surface area contributed by atoms with Crippen LogP contribution in [0.15, 0.2) is 30.3 Å². The molecule has 7 nitrogen and oxygen atoms in total. The van der Waals surface area contributed by atoms with Gasteiger partial charge in [-0.2, -0.15) is 5.10 Å². The molecule has 0 bridgehead atoms. The van der Waals surface area contributed by atoms with Crippen molar-refractivity contribution in [2.24, 2.45) is 5.92 Å². The van der Waals surface area contributed by atoms with Crippen molar-refractivity contribution in [3.63, 3.8) is 0 Å². The Morgan fingerprint density at radius 3 is 2.68 bits per heavy atom. The van der Waals surface area contributed by atoms with Crippen LogP contribution in [0.4, 0.5) is 4.39 Å². The Labute approximate surface area is 162 Å². The number of benzene rings is 1. The number of hydrogen-bond donors (Lipinski definition) is 2. The summed E-state index contributed by atoms with van der Waals surface area (Å²) in [6.45, 7) is 1.61. The van der Waals surface area contributed by atoms with Crippen molar-refractivity contribution in [1.82, 2.24) is 20.0 Å². The van der Waals surface area contributed by atoms with Gasteiger partial charge in [0.15, 0.2) is 5.69 Å². The minimum atomic E-state index is -0.727. The lowest BCUT2D eigenvalue weighted by molar-refractivity contribution is 0.0682. The Hall–Kier alpha value is -2.74. The Bertz CT molecular complexity index is 872. The first-order chi connectivity index (χ1) is 13.5. The van der Waals surface area contributed by atoms with E-state index >= 15 is 0 Å². The number of aliphatic hydroxyl groups excluding tert-OH is 1. The van der Waals surface area contributed by atoms with Gasteiger partial charge in [0.05, 0.1) is 12.6 Å². The summed E-state index contributed by atoms with van der Waals surface area (Å²) in [6, 6.07) is 8.07. The van der Waals surface area contributed by atoms with E-state index in [9.17, 15) is 19.1 Å². The van der Waals surface area contributed by atoms with Crippen molar-refractivity contribution in [2.45, 2.75) is 31.9 Å². The molecule has 148 valence electrons. The van der Waals surface area contributed by atoms with Crippen molar-refractivity contribution in [1.29, 1.82) is 0 Å². The van der Waals surface area contributed by atoms with Gasteiger partial charge in [0.2, 0.25) is 0 Å². The van der Waals surface area contributed by atoms with E-state index in [-0.39, 0.29) is 36.4 Å². The summed E-state index contributed by atoms with van der Waals surface area (Å²) < 4.78 is 14.4. The highest BCUT2D eigenvalue weighted by Gasteiger charge is 2.28. The molecule has 2 aliphatic heterocycles. The third-order valence-corrected chi connectivity index (χ3v) is 5.45. The molecule has 2 amide bonds. The van der Waals surface area contributed by atoms with Crippen LogP contribution >= 0.6 is 0 Å². The number of carbonyl (C=O) groups is 2. The summed E-state index contributed by atoms with van der Waals surface area (Å²) >= 11 is 0. The summed E-state index contributed by atoms with van der Waals surface area (Å²) in [5.41, 5.74) is 1.64. The topological polar surface area (TPSA) is 87.5 Å². The normalized spacial score (nSPS) is 20.4. The molecule has 3 heterocycles. The summed E-state index contributed by atoms with van der Waals surface area (Å²) in [6.07, 6.45) is 1.89. The second kappa shape index (κ2) is 7.71. The second-order valence-corrected chi connectivity index (χ2v) is 7.53. The number of likely N-dealkylation sites (tertiary alicyclic amines) is 1. The second-order valence-electron chi connectivity index (χ2n) is 7.53. The molecule has 8 heteroatoms. The highest BCUT2D eigenvalue weighted by Crippen LogP contribution is 2.23. The number of piperidine rings is 1. The van der Waals surface area contributed by atoms with Gasteiger partial charge < -0.3 is 15.3 Å². The zero-order valence-corrected chi connectivity index (χ0v) is 15.5. The average molecular weight is 386 g/mol. The van der Waals surface area contributed by atoms with Gasteiger partial charge in [-0.1, -0.05) is 12.1 Å². The molecular formula is C20H23FN4O3. The first-order valence-electron chi connectivity index (χ1n) is 9.57. The molecule has 1 unspecified atom stereocenters. The molecule has 1 saturated heterocycles. The number of nitrogens with one attached hydrogen (secondary N) is 1. The van der Waals surface area contributed by atoms with E-state index < -0.39 is 6.10 Å². The van der Waals surface area contributed by atoms with E-state index in [0.29, 0.717) is 24.7 Å². The van der Waals surface area contributed by atoms with Crippen molar-refractivity contribution in [3.05, 3.63) is 53.1 Å². The van der Waals surface area contributed by atoms with Gasteiger partial charge in [-0.3, -0.25) is 14.3 Å². The standard InChI is InChI=1S/C20H23FN4O3/c21-15-3-1-13(2-4-15)9-14-5-7-24(8-6-14)20(28)17-10-18-19(27)22-11-16(26)12-25(18)23-17/h1-4,10,14,16,26H,5-9,11-12H2,(H,22,27). The number of fused-ring (bicyclic) bond motifs is 1. The molecule has 4 rings (SSSR count). The maximum absolute atomic E-state index is 13.0. The number of rotatable bonds is 3. The lowest BCUT2D eigenvalue weighted by atomic mass is 9.90. The zero-order valence-electron chi connectivity index (χ0n) is 15.5. The van der Waals surface area contributed by atoms with E-state index in [0.717, 1.165) is 24.8 Å². The van der Waals surface area contributed by atoms with Crippen LogP contribution in [0.25, 0.3) is 0 Å². The summed E-state index contributed by atoms with van der Waals surface area (Å²) in [4.78, 5) is 26.6. The van der Waals surface area contributed by atoms with E-state index in [1.807, 2.05) is 12.1 Å². The highest BCUT2D eigenvalue weighted by atomic mass is 19.1. The maximum Gasteiger partial charge on any atom is 0.274 e. The molecule has 2 aromatic rings. The minimum Gasteiger partial charge on any atom is -0.389 e. The molecule has 2 aliphatic rings. The Morgan fingerprint density at radius 2 is 1.96 bits per heavy atom. The Morgan fingerprint density at radius 1 is 1.25 bits per heavy atom. The molecule has 0 radical (unpaired) electrons. The molecule has 0 saturated carbocycles. The number of carbonyl (C=O) groups excluding carboxylic acids is 2. The smallest absolute Gasteiger partial charge is 0.274 e. The summed E-state index contributed by atoms with van der Waals surface area (Å²) in [5.74, 6) is -0.304. The molecular weight excluding hydrogens is 363 g/mol. The van der Waals surface area contributed by atoms with Gasteiger partial charge in [0, 0.05) is 25.7 Å². The van der Waals surface area contributed by atoms with Gasteiger partial charge >= 0.3 is 0 Å². The fourth-order valence-corrected chi connectivity index (χ4v) is 3.86. The molecule has 2 N–H and O–H groups in total. The van der Waals surface area contributed by atoms with Gasteiger partial charge in [-0.15, -0.1) is 0 Å². The first kappa shape index (κ1) is 18.6. The van der Waals surface area contributed by atoms with E-state index in [1.54, 1.807) is 4.90 Å². The predicted octanol–water partition coefficient (Wildman–Crippen LogP) is 1.22. The number of hydrogen-bond acceptors (Lipinski definition) is 4. The van der Waals surface area contributed by atoms with Gasteiger partial charge in [0.25, 0.3) is 11.8 Å². The number of halogens is 1. The number of aromatic nitrogens is 2. The highest BCUT2D eigenvalue weighted by molar-refractivity contribution is 5.98. The lowest BCUT2D eigenvalue weighted by Gasteiger charge is -2.31. The van der Waals surface area contributed by atoms with Crippen LogP contribution in [0.1, 0.15) is 39.4 Å². The van der Waals surface area contributed by atoms with Crippen LogP contribution in [0.2, 0.25) is 0 Å². The average Bonchev–Trinajstić information content (AvgIpc) is 3.06. The summed E-state index contributed by atoms with van der Waals surface area (Å²) in [7, 11) is 0. The molecule has 1 fully saturated rings. The number of amides is 2. The number of nitrogens with zero attached hydrogens (tertiary/aromatic N) is 3. The maximum atomic E-state index is 13.0. The van der Waals surface area contributed by atoms with Gasteiger partial charge in [0.1, 0.15) is 11.5 Å². The quantitative estimate of drug-likeness (QED) is 0.830. The van der Waals surface area contributed by atoms with E-state index in [4.69, 9.17) is 0 Å². The van der Waals surface area contributed by atoms with Crippen LogP contribution in [0.5, 0.6) is 0 Å². The molecule has 28 heavy (non-hydrogen) atoms. The molecule has 1 atom stereocenters. The SMILES string of the molecule is O=C1NCC(O)Cn2nc(C(=O)N3CCC(Cc4ccc(F)cc4)CC3)cc21. The van der Waals surface area contributed by atoms with Crippen molar-refractivity contribution in [2.75, 3.05) is 19.6 Å². The molecule has 1 aromatic carbocycles. The molecule has 0 aliphatic carbocycles. The third-order valence-electron chi connectivity index (χ3n) is 5.45. The minimum absolute atomic E-state index is 0.174. The van der Waals surface area contributed by atoms with Crippen LogP contribution in [0, 0.1) is 11.7 Å². The Kier molecular flexibility index (Phi) is 5.13. The van der Waals surface area contributed by atoms with Crippen LogP contribution < -0.4 is 5.32 Å². The fraction of sp³-hybridized carbons (Fsp3) is 0.450. The third kappa shape index (κ3) is 3.91. The van der Waals surface area contributed by atoms with Crippen molar-refractivity contribution in [3.8, 4) is 0 Å². The zero-order chi connectivity index (χ0) is 19.7. The van der Waals surface area contributed by atoms with Crippen LogP contribution in [0.3, 0.4) is 0 Å². The molecule has 0 spiro atoms. The van der Waals surface area contributed by atoms with Crippen LogP contribution in [-0.2, 0) is 13.0 Å². The molecule has 1 aromatic heterocycles.